The fraction of sp³-hybridized carbons (Fsp3) is 0. The average molecular weight is 203 g/mol. The summed E-state index contributed by atoms with van der Waals surface area (Å²) in [6, 6.07) is 3.67. The molecule has 10 heavy (non-hydrogen) atoms. The predicted molar refractivity (Wildman–Crippen MR) is 39.3 cm³/mol. The number of halogens is 2. The van der Waals surface area contributed by atoms with Crippen molar-refractivity contribution < 1.29 is 12.8 Å². The van der Waals surface area contributed by atoms with Crippen LogP contribution in [0.2, 0.25) is 0 Å². The van der Waals surface area contributed by atoms with Crippen molar-refractivity contribution in [3.05, 3.63) is 24.7 Å². The van der Waals surface area contributed by atoms with Crippen molar-refractivity contribution in [2.45, 2.75) is 0 Å². The van der Waals surface area contributed by atoms with Crippen molar-refractivity contribution >= 4 is 29.6 Å². The van der Waals surface area contributed by atoms with E-state index in [1.807, 2.05) is 12.1 Å². The van der Waals surface area contributed by atoms with E-state index in [4.69, 9.17) is 8.42 Å². The molecule has 0 spiro atoms. The van der Waals surface area contributed by atoms with Gasteiger partial charge in [0.1, 0.15) is 0 Å². The van der Waals surface area contributed by atoms with Gasteiger partial charge in [-0.2, -0.15) is 8.42 Å². The molecule has 0 amide bonds. The maximum Gasteiger partial charge on any atom is 0.317 e. The molecule has 0 bridgehead atoms. The highest BCUT2D eigenvalue weighted by atomic mass is 36.0. The van der Waals surface area contributed by atoms with Gasteiger partial charge < -0.3 is 4.42 Å². The van der Waals surface area contributed by atoms with E-state index in [1.165, 1.54) is 0 Å². The lowest BCUT2D eigenvalue weighted by molar-refractivity contribution is 0.567. The van der Waals surface area contributed by atoms with Crippen LogP contribution in [-0.2, 0) is 8.26 Å². The van der Waals surface area contributed by atoms with Crippen LogP contribution in [0, 0.1) is 0 Å². The fourth-order valence-electron chi connectivity index (χ4n) is 0.227. The van der Waals surface area contributed by atoms with Gasteiger partial charge in [0.15, 0.2) is 0 Å². The molecule has 3 nitrogen and oxygen atoms in total. The summed E-state index contributed by atoms with van der Waals surface area (Å²) in [4.78, 5) is 0. The molecule has 58 valence electrons. The second-order valence-corrected chi connectivity index (χ2v) is 4.84. The molecule has 0 aliphatic rings. The minimum Gasteiger partial charge on any atom is -0.473 e. The van der Waals surface area contributed by atoms with Crippen LogP contribution >= 0.6 is 21.4 Å². The lowest BCUT2D eigenvalue weighted by Crippen LogP contribution is -1.63. The third kappa shape index (κ3) is 15.7. The largest absolute Gasteiger partial charge is 0.473 e. The highest BCUT2D eigenvalue weighted by Crippen LogP contribution is 1.98. The Morgan fingerprint density at radius 2 is 1.40 bits per heavy atom. The van der Waals surface area contributed by atoms with E-state index >= 15 is 0 Å². The Kier molecular flexibility index (Phi) is 4.51. The Hall–Kier alpha value is -0.190. The first-order valence-electron chi connectivity index (χ1n) is 2.11. The van der Waals surface area contributed by atoms with Gasteiger partial charge in [-0.05, 0) is 12.1 Å². The third-order valence-electron chi connectivity index (χ3n) is 0.425. The van der Waals surface area contributed by atoms with Crippen LogP contribution in [0.5, 0.6) is 0 Å². The van der Waals surface area contributed by atoms with Gasteiger partial charge in [0.25, 0.3) is 0 Å². The Morgan fingerprint density at radius 3 is 1.50 bits per heavy atom. The molecule has 0 aliphatic heterocycles. The number of furan rings is 1. The van der Waals surface area contributed by atoms with E-state index in [0.717, 1.165) is 0 Å². The molecule has 0 saturated carbocycles. The first-order chi connectivity index (χ1) is 4.50. The van der Waals surface area contributed by atoms with Crippen LogP contribution in [0.1, 0.15) is 0 Å². The van der Waals surface area contributed by atoms with E-state index in [-0.39, 0.29) is 0 Å². The van der Waals surface area contributed by atoms with Crippen LogP contribution < -0.4 is 0 Å². The predicted octanol–water partition coefficient (Wildman–Crippen LogP) is 1.99. The molecule has 0 atom stereocenters. The van der Waals surface area contributed by atoms with Gasteiger partial charge in [-0.15, -0.1) is 0 Å². The van der Waals surface area contributed by atoms with Crippen molar-refractivity contribution in [1.29, 1.82) is 0 Å². The monoisotopic (exact) mass is 202 g/mol. The minimum atomic E-state index is -3.72. The molecular weight excluding hydrogens is 199 g/mol. The summed E-state index contributed by atoms with van der Waals surface area (Å²) in [5, 5.41) is 0. The van der Waals surface area contributed by atoms with E-state index in [9.17, 15) is 0 Å². The number of hydrogen-bond donors (Lipinski definition) is 0. The zero-order chi connectivity index (χ0) is 8.04. The first-order valence-corrected chi connectivity index (χ1v) is 5.25. The van der Waals surface area contributed by atoms with Crippen molar-refractivity contribution in [1.82, 2.24) is 0 Å². The second kappa shape index (κ2) is 4.60. The number of rotatable bonds is 0. The molecule has 0 aliphatic carbocycles. The van der Waals surface area contributed by atoms with Gasteiger partial charge in [0.05, 0.1) is 12.5 Å². The molecule has 6 heteroatoms. The topological polar surface area (TPSA) is 47.3 Å². The molecule has 0 unspecified atom stereocenters. The van der Waals surface area contributed by atoms with Gasteiger partial charge >= 0.3 is 8.26 Å². The smallest absolute Gasteiger partial charge is 0.317 e. The summed E-state index contributed by atoms with van der Waals surface area (Å²) in [5.74, 6) is 0. The normalized spacial score (nSPS) is 9.80. The van der Waals surface area contributed by atoms with Crippen LogP contribution in [0.25, 0.3) is 0 Å². The van der Waals surface area contributed by atoms with E-state index in [1.54, 1.807) is 12.5 Å². The van der Waals surface area contributed by atoms with Gasteiger partial charge in [-0.25, -0.2) is 0 Å². The summed E-state index contributed by atoms with van der Waals surface area (Å²) in [6.45, 7) is 0. The second-order valence-electron chi connectivity index (χ2n) is 1.17. The van der Waals surface area contributed by atoms with Crippen molar-refractivity contribution in [2.75, 3.05) is 0 Å². The van der Waals surface area contributed by atoms with Crippen LogP contribution in [0.3, 0.4) is 0 Å². The van der Waals surface area contributed by atoms with Crippen molar-refractivity contribution in [2.24, 2.45) is 0 Å². The van der Waals surface area contributed by atoms with Crippen molar-refractivity contribution in [3.63, 3.8) is 0 Å². The molecule has 0 N–H and O–H groups in total. The Balaban J connectivity index is 0.000000162. The molecule has 0 fully saturated rings. The average Bonchev–Trinajstić information content (AvgIpc) is 2.07. The van der Waals surface area contributed by atoms with E-state index in [2.05, 4.69) is 25.8 Å². The molecule has 1 aromatic heterocycles. The summed E-state index contributed by atoms with van der Waals surface area (Å²) in [6.07, 6.45) is 3.25. The Labute approximate surface area is 67.5 Å². The van der Waals surface area contributed by atoms with E-state index in [0.29, 0.717) is 0 Å². The molecule has 0 radical (unpaired) electrons. The SMILES string of the molecule is O=S(=O)(Cl)Cl.c1ccoc1. The molecule has 1 heterocycles. The zero-order valence-corrected chi connectivity index (χ0v) is 7.03. The summed E-state index contributed by atoms with van der Waals surface area (Å²) >= 11 is 0. The summed E-state index contributed by atoms with van der Waals surface area (Å²) in [7, 11) is 4.81. The fourth-order valence-corrected chi connectivity index (χ4v) is 0.227. The molecule has 0 saturated heterocycles. The molecule has 1 aromatic rings. The highest BCUT2D eigenvalue weighted by molar-refractivity contribution is 8.31. The van der Waals surface area contributed by atoms with Gasteiger partial charge in [0.2, 0.25) is 0 Å². The Bertz CT molecular complexity index is 214. The quantitative estimate of drug-likeness (QED) is 0.605. The van der Waals surface area contributed by atoms with Crippen LogP contribution in [-0.4, -0.2) is 8.42 Å². The molecule has 1 rings (SSSR count). The Morgan fingerprint density at radius 1 is 1.10 bits per heavy atom. The van der Waals surface area contributed by atoms with E-state index < -0.39 is 8.26 Å². The summed E-state index contributed by atoms with van der Waals surface area (Å²) < 4.78 is 22.9. The molecule has 0 aromatic carbocycles. The maximum atomic E-state index is 9.16. The first kappa shape index (κ1) is 9.81. The zero-order valence-electron chi connectivity index (χ0n) is 4.70. The van der Waals surface area contributed by atoms with Crippen molar-refractivity contribution in [3.8, 4) is 0 Å². The lowest BCUT2D eigenvalue weighted by Gasteiger charge is -1.61. The van der Waals surface area contributed by atoms with Crippen LogP contribution in [0.15, 0.2) is 29.1 Å². The maximum absolute atomic E-state index is 9.16. The summed E-state index contributed by atoms with van der Waals surface area (Å²) in [5.41, 5.74) is 0. The molecular formula is C4H4Cl2O3S. The highest BCUT2D eigenvalue weighted by Gasteiger charge is 1.88. The van der Waals surface area contributed by atoms with Gasteiger partial charge in [-0.1, -0.05) is 0 Å². The third-order valence-corrected chi connectivity index (χ3v) is 0.425. The minimum absolute atomic E-state index is 1.62. The van der Waals surface area contributed by atoms with Gasteiger partial charge in [-0.3, -0.25) is 0 Å². The lowest BCUT2D eigenvalue weighted by atomic mass is 10.7. The number of hydrogen-bond acceptors (Lipinski definition) is 3. The van der Waals surface area contributed by atoms with Crippen LogP contribution in [0.4, 0.5) is 0 Å². The standard InChI is InChI=1S/C4H4O.Cl2O2S/c1-2-4-5-3-1;1-5(2,3)4/h1-4H;. The van der Waals surface area contributed by atoms with Gasteiger partial charge in [0, 0.05) is 21.4 Å².